The second kappa shape index (κ2) is 6.47. The number of nitrogens with one attached hydrogen (secondary N) is 2. The Hall–Kier alpha value is -1.69. The first-order valence-electron chi connectivity index (χ1n) is 6.77. The molecule has 19 heavy (non-hydrogen) atoms. The van der Waals surface area contributed by atoms with E-state index in [4.69, 9.17) is 0 Å². The molecule has 2 rings (SSSR count). The first kappa shape index (κ1) is 13.7. The van der Waals surface area contributed by atoms with Crippen molar-refractivity contribution < 1.29 is 0 Å². The third-order valence-electron chi connectivity index (χ3n) is 2.75. The lowest BCUT2D eigenvalue weighted by atomic mass is 10.2. The summed E-state index contributed by atoms with van der Waals surface area (Å²) in [7, 11) is 1.95. The zero-order valence-electron chi connectivity index (χ0n) is 11.8. The van der Waals surface area contributed by atoms with Crippen LogP contribution < -0.4 is 10.6 Å². The number of fused-ring (bicyclic) bond motifs is 1. The zero-order chi connectivity index (χ0) is 13.7. The highest BCUT2D eigenvalue weighted by Crippen LogP contribution is 2.11. The van der Waals surface area contributed by atoms with Gasteiger partial charge in [-0.3, -0.25) is 4.68 Å². The summed E-state index contributed by atoms with van der Waals surface area (Å²) in [6.45, 7) is 7.10. The van der Waals surface area contributed by atoms with Crippen molar-refractivity contribution in [1.82, 2.24) is 25.1 Å². The molecule has 6 nitrogen and oxygen atoms in total. The normalized spacial score (nSPS) is 11.4. The minimum Gasteiger partial charge on any atom is -0.354 e. The van der Waals surface area contributed by atoms with Gasteiger partial charge in [0.05, 0.1) is 5.39 Å². The average Bonchev–Trinajstić information content (AvgIpc) is 2.75. The van der Waals surface area contributed by atoms with Crippen molar-refractivity contribution in [2.24, 2.45) is 5.92 Å². The van der Waals surface area contributed by atoms with Crippen LogP contribution in [0.15, 0.2) is 12.4 Å². The van der Waals surface area contributed by atoms with E-state index in [-0.39, 0.29) is 0 Å². The highest BCUT2D eigenvalue weighted by Gasteiger charge is 2.05. The van der Waals surface area contributed by atoms with E-state index in [0.29, 0.717) is 11.9 Å². The van der Waals surface area contributed by atoms with E-state index in [1.54, 1.807) is 0 Å². The largest absolute Gasteiger partial charge is 0.354 e. The second-order valence-corrected chi connectivity index (χ2v) is 5.10. The Bertz CT molecular complexity index is 519. The molecule has 0 saturated carbocycles. The Morgan fingerprint density at radius 1 is 1.32 bits per heavy atom. The lowest BCUT2D eigenvalue weighted by Gasteiger charge is -2.03. The molecule has 0 atom stereocenters. The fraction of sp³-hybridized carbons (Fsp3) is 0.615. The summed E-state index contributed by atoms with van der Waals surface area (Å²) in [6, 6.07) is 0. The van der Waals surface area contributed by atoms with Gasteiger partial charge in [-0.2, -0.15) is 10.1 Å². The Morgan fingerprint density at radius 3 is 2.89 bits per heavy atom. The van der Waals surface area contributed by atoms with Crippen molar-refractivity contribution in [3.63, 3.8) is 0 Å². The molecule has 0 amide bonds. The standard InChI is InChI=1S/C13H22N6/c1-10(2)8-19-9-11-7-16-13(17-12(11)18-19)15-6-4-5-14-3/h7,9-10,14H,4-6,8H2,1-3H3,(H,15,17,18). The summed E-state index contributed by atoms with van der Waals surface area (Å²) < 4.78 is 1.94. The molecule has 2 aromatic rings. The van der Waals surface area contributed by atoms with Crippen LogP contribution in [0, 0.1) is 5.92 Å². The van der Waals surface area contributed by atoms with Crippen molar-refractivity contribution in [3.8, 4) is 0 Å². The van der Waals surface area contributed by atoms with Crippen LogP contribution in [-0.4, -0.2) is 39.9 Å². The summed E-state index contributed by atoms with van der Waals surface area (Å²) in [5, 5.41) is 11.8. The molecule has 0 aliphatic rings. The van der Waals surface area contributed by atoms with Gasteiger partial charge >= 0.3 is 0 Å². The van der Waals surface area contributed by atoms with Crippen LogP contribution in [0.4, 0.5) is 5.95 Å². The molecule has 0 aromatic carbocycles. The average molecular weight is 262 g/mol. The van der Waals surface area contributed by atoms with Crippen LogP contribution in [0.5, 0.6) is 0 Å². The van der Waals surface area contributed by atoms with Crippen molar-refractivity contribution in [2.75, 3.05) is 25.5 Å². The molecule has 0 aliphatic heterocycles. The predicted molar refractivity (Wildman–Crippen MR) is 77.2 cm³/mol. The Labute approximate surface area is 113 Å². The SMILES string of the molecule is CNCCCNc1ncc2cn(CC(C)C)nc2n1. The van der Waals surface area contributed by atoms with Crippen LogP contribution in [0.3, 0.4) is 0 Å². The van der Waals surface area contributed by atoms with Crippen molar-refractivity contribution in [2.45, 2.75) is 26.8 Å². The summed E-state index contributed by atoms with van der Waals surface area (Å²) in [5.41, 5.74) is 0.756. The maximum atomic E-state index is 4.47. The van der Waals surface area contributed by atoms with Crippen molar-refractivity contribution in [3.05, 3.63) is 12.4 Å². The second-order valence-electron chi connectivity index (χ2n) is 5.10. The molecule has 0 radical (unpaired) electrons. The van der Waals surface area contributed by atoms with Crippen molar-refractivity contribution >= 4 is 17.0 Å². The minimum atomic E-state index is 0.571. The first-order chi connectivity index (χ1) is 9.19. The van der Waals surface area contributed by atoms with Gasteiger partial charge in [-0.25, -0.2) is 4.98 Å². The first-order valence-corrected chi connectivity index (χ1v) is 6.77. The maximum Gasteiger partial charge on any atom is 0.224 e. The predicted octanol–water partition coefficient (Wildman–Crippen LogP) is 1.50. The van der Waals surface area contributed by atoms with Crippen molar-refractivity contribution in [1.29, 1.82) is 0 Å². The maximum absolute atomic E-state index is 4.47. The highest BCUT2D eigenvalue weighted by atomic mass is 15.3. The van der Waals surface area contributed by atoms with E-state index in [2.05, 4.69) is 39.5 Å². The number of rotatable bonds is 7. The topological polar surface area (TPSA) is 67.7 Å². The third-order valence-corrected chi connectivity index (χ3v) is 2.75. The van der Waals surface area contributed by atoms with Crippen LogP contribution in [-0.2, 0) is 6.54 Å². The minimum absolute atomic E-state index is 0.571. The van der Waals surface area contributed by atoms with E-state index in [1.807, 2.05) is 24.1 Å². The van der Waals surface area contributed by atoms with Crippen LogP contribution in [0.25, 0.3) is 11.0 Å². The number of aromatic nitrogens is 4. The Balaban J connectivity index is 2.03. The molecule has 0 aliphatic carbocycles. The molecular formula is C13H22N6. The van der Waals surface area contributed by atoms with Crippen LogP contribution in [0.1, 0.15) is 20.3 Å². The fourth-order valence-corrected chi connectivity index (χ4v) is 1.88. The fourth-order valence-electron chi connectivity index (χ4n) is 1.88. The highest BCUT2D eigenvalue weighted by molar-refractivity contribution is 5.73. The Kier molecular flexibility index (Phi) is 4.68. The molecule has 0 saturated heterocycles. The van der Waals surface area contributed by atoms with E-state index in [1.165, 1.54) is 0 Å². The van der Waals surface area contributed by atoms with Gasteiger partial charge in [0, 0.05) is 25.5 Å². The molecule has 2 heterocycles. The summed E-state index contributed by atoms with van der Waals surface area (Å²) in [6.07, 6.45) is 4.87. The molecular weight excluding hydrogens is 240 g/mol. The van der Waals surface area contributed by atoms with E-state index < -0.39 is 0 Å². The number of hydrogen-bond acceptors (Lipinski definition) is 5. The quantitative estimate of drug-likeness (QED) is 0.740. The van der Waals surface area contributed by atoms with Crippen LogP contribution >= 0.6 is 0 Å². The molecule has 2 aromatic heterocycles. The van der Waals surface area contributed by atoms with Gasteiger partial charge in [0.25, 0.3) is 0 Å². The molecule has 0 spiro atoms. The Morgan fingerprint density at radius 2 is 2.16 bits per heavy atom. The van der Waals surface area contributed by atoms with E-state index in [9.17, 15) is 0 Å². The molecule has 0 unspecified atom stereocenters. The smallest absolute Gasteiger partial charge is 0.224 e. The number of nitrogens with zero attached hydrogens (tertiary/aromatic N) is 4. The zero-order valence-corrected chi connectivity index (χ0v) is 11.8. The molecule has 0 bridgehead atoms. The number of anilines is 1. The molecule has 6 heteroatoms. The van der Waals surface area contributed by atoms with Crippen LogP contribution in [0.2, 0.25) is 0 Å². The molecule has 2 N–H and O–H groups in total. The van der Waals surface area contributed by atoms with Gasteiger partial charge in [0.15, 0.2) is 5.65 Å². The van der Waals surface area contributed by atoms with Gasteiger partial charge in [-0.15, -0.1) is 0 Å². The third kappa shape index (κ3) is 3.89. The van der Waals surface area contributed by atoms with Gasteiger partial charge in [0.1, 0.15) is 0 Å². The van der Waals surface area contributed by atoms with Gasteiger partial charge in [-0.1, -0.05) is 13.8 Å². The monoisotopic (exact) mass is 262 g/mol. The van der Waals surface area contributed by atoms with Gasteiger partial charge in [0.2, 0.25) is 5.95 Å². The molecule has 0 fully saturated rings. The summed E-state index contributed by atoms with van der Waals surface area (Å²) >= 11 is 0. The van der Waals surface area contributed by atoms with E-state index in [0.717, 1.165) is 37.1 Å². The summed E-state index contributed by atoms with van der Waals surface area (Å²) in [5.74, 6) is 1.22. The molecule has 104 valence electrons. The lowest BCUT2D eigenvalue weighted by molar-refractivity contribution is 0.485. The number of hydrogen-bond donors (Lipinski definition) is 2. The lowest BCUT2D eigenvalue weighted by Crippen LogP contribution is -2.13. The van der Waals surface area contributed by atoms with Gasteiger partial charge in [-0.05, 0) is 25.9 Å². The van der Waals surface area contributed by atoms with Gasteiger partial charge < -0.3 is 10.6 Å². The summed E-state index contributed by atoms with van der Waals surface area (Å²) in [4.78, 5) is 8.73. The van der Waals surface area contributed by atoms with E-state index >= 15 is 0 Å².